The first kappa shape index (κ1) is 12.2. The second-order valence-corrected chi connectivity index (χ2v) is 3.40. The van der Waals surface area contributed by atoms with Crippen LogP contribution in [0.3, 0.4) is 0 Å². The average Bonchev–Trinajstić information content (AvgIpc) is 2.86. The number of nitrogens with zero attached hydrogens (tertiary/aromatic N) is 2. The molecule has 0 unspecified atom stereocenters. The molecule has 7 heteroatoms. The first-order valence-corrected chi connectivity index (χ1v) is 5.28. The summed E-state index contributed by atoms with van der Waals surface area (Å²) in [6.45, 7) is 0.198. The zero-order valence-corrected chi connectivity index (χ0v) is 10.1. The van der Waals surface area contributed by atoms with Crippen LogP contribution in [0.15, 0.2) is 22.6 Å². The highest BCUT2D eigenvalue weighted by atomic mass is 16.5. The average molecular weight is 250 g/mol. The molecule has 0 fully saturated rings. The van der Waals surface area contributed by atoms with Crippen LogP contribution < -0.4 is 20.5 Å². The fourth-order valence-electron chi connectivity index (χ4n) is 1.41. The maximum atomic E-state index is 5.39. The topological polar surface area (TPSA) is 95.4 Å². The molecule has 0 saturated carbocycles. The summed E-state index contributed by atoms with van der Waals surface area (Å²) in [5.74, 6) is 1.69. The van der Waals surface area contributed by atoms with Gasteiger partial charge in [0, 0.05) is 6.07 Å². The van der Waals surface area contributed by atoms with Gasteiger partial charge in [0.1, 0.15) is 11.5 Å². The summed E-state index contributed by atoms with van der Waals surface area (Å²) in [7, 11) is 3.16. The van der Waals surface area contributed by atoms with Crippen LogP contribution in [0.2, 0.25) is 0 Å². The van der Waals surface area contributed by atoms with Crippen molar-refractivity contribution in [2.24, 2.45) is 5.73 Å². The summed E-state index contributed by atoms with van der Waals surface area (Å²) >= 11 is 0. The zero-order valence-electron chi connectivity index (χ0n) is 10.1. The molecule has 0 aliphatic rings. The molecule has 0 aliphatic heterocycles. The van der Waals surface area contributed by atoms with E-state index in [2.05, 4.69) is 15.5 Å². The van der Waals surface area contributed by atoms with Crippen LogP contribution in [-0.2, 0) is 6.54 Å². The van der Waals surface area contributed by atoms with Crippen molar-refractivity contribution in [2.45, 2.75) is 6.54 Å². The largest absolute Gasteiger partial charge is 0.497 e. The third-order valence-electron chi connectivity index (χ3n) is 2.29. The van der Waals surface area contributed by atoms with E-state index < -0.39 is 0 Å². The molecule has 3 N–H and O–H groups in total. The van der Waals surface area contributed by atoms with Gasteiger partial charge in [-0.25, -0.2) is 0 Å². The highest BCUT2D eigenvalue weighted by Crippen LogP contribution is 2.30. The van der Waals surface area contributed by atoms with Gasteiger partial charge in [0.25, 0.3) is 0 Å². The van der Waals surface area contributed by atoms with E-state index in [4.69, 9.17) is 19.6 Å². The van der Waals surface area contributed by atoms with Crippen LogP contribution in [0.4, 0.5) is 11.7 Å². The lowest BCUT2D eigenvalue weighted by molar-refractivity contribution is 0.404. The molecular formula is C11H14N4O3. The lowest BCUT2D eigenvalue weighted by Gasteiger charge is -2.09. The van der Waals surface area contributed by atoms with Crippen molar-refractivity contribution in [3.05, 3.63) is 24.1 Å². The number of anilines is 2. The van der Waals surface area contributed by atoms with E-state index in [9.17, 15) is 0 Å². The maximum Gasteiger partial charge on any atom is 0.320 e. The third-order valence-corrected chi connectivity index (χ3v) is 2.29. The molecule has 2 rings (SSSR count). The minimum Gasteiger partial charge on any atom is -0.497 e. The molecular weight excluding hydrogens is 236 g/mol. The molecule has 0 amide bonds. The van der Waals surface area contributed by atoms with Crippen molar-refractivity contribution >= 4 is 11.7 Å². The van der Waals surface area contributed by atoms with Gasteiger partial charge in [-0.2, -0.15) is 0 Å². The number of ether oxygens (including phenoxy) is 2. The van der Waals surface area contributed by atoms with Gasteiger partial charge in [-0.15, -0.1) is 5.10 Å². The van der Waals surface area contributed by atoms with E-state index >= 15 is 0 Å². The van der Waals surface area contributed by atoms with E-state index in [1.54, 1.807) is 32.4 Å². The predicted molar refractivity (Wildman–Crippen MR) is 65.0 cm³/mol. The first-order valence-electron chi connectivity index (χ1n) is 5.28. The molecule has 18 heavy (non-hydrogen) atoms. The molecule has 1 aromatic heterocycles. The van der Waals surface area contributed by atoms with Gasteiger partial charge < -0.3 is 24.9 Å². The lowest BCUT2D eigenvalue weighted by atomic mass is 10.2. The van der Waals surface area contributed by atoms with Crippen LogP contribution in [0.1, 0.15) is 5.89 Å². The van der Waals surface area contributed by atoms with E-state index in [0.717, 1.165) is 0 Å². The van der Waals surface area contributed by atoms with E-state index in [1.165, 1.54) is 0 Å². The number of hydrogen-bond acceptors (Lipinski definition) is 7. The molecule has 2 aromatic rings. The molecule has 7 nitrogen and oxygen atoms in total. The van der Waals surface area contributed by atoms with E-state index in [1.807, 2.05) is 0 Å². The zero-order chi connectivity index (χ0) is 13.0. The Bertz CT molecular complexity index is 527. The number of nitrogens with two attached hydrogens (primary N) is 1. The fourth-order valence-corrected chi connectivity index (χ4v) is 1.41. The van der Waals surface area contributed by atoms with Gasteiger partial charge >= 0.3 is 6.01 Å². The Morgan fingerprint density at radius 1 is 1.28 bits per heavy atom. The third kappa shape index (κ3) is 2.51. The van der Waals surface area contributed by atoms with E-state index in [0.29, 0.717) is 23.1 Å². The van der Waals surface area contributed by atoms with E-state index in [-0.39, 0.29) is 12.6 Å². The van der Waals surface area contributed by atoms with Gasteiger partial charge in [-0.3, -0.25) is 0 Å². The number of benzene rings is 1. The summed E-state index contributed by atoms with van der Waals surface area (Å²) in [4.78, 5) is 0. The Hall–Kier alpha value is -2.28. The van der Waals surface area contributed by atoms with Crippen LogP contribution in [-0.4, -0.2) is 24.4 Å². The van der Waals surface area contributed by atoms with Crippen molar-refractivity contribution in [1.29, 1.82) is 0 Å². The number of hydrogen-bond donors (Lipinski definition) is 2. The second-order valence-electron chi connectivity index (χ2n) is 3.40. The molecule has 1 heterocycles. The Labute approximate surface area is 104 Å². The molecule has 96 valence electrons. The Balaban J connectivity index is 2.25. The van der Waals surface area contributed by atoms with Crippen molar-refractivity contribution in [2.75, 3.05) is 19.5 Å². The number of nitrogens with one attached hydrogen (secondary N) is 1. The molecule has 0 saturated heterocycles. The highest BCUT2D eigenvalue weighted by molar-refractivity contribution is 5.64. The Kier molecular flexibility index (Phi) is 3.63. The van der Waals surface area contributed by atoms with Gasteiger partial charge in [-0.05, 0) is 12.1 Å². The van der Waals surface area contributed by atoms with Gasteiger partial charge in [-0.1, -0.05) is 5.10 Å². The van der Waals surface area contributed by atoms with Crippen LogP contribution in [0.25, 0.3) is 0 Å². The minimum atomic E-state index is 0.198. The monoisotopic (exact) mass is 250 g/mol. The summed E-state index contributed by atoms with van der Waals surface area (Å²) in [5, 5.41) is 10.5. The molecule has 1 aromatic carbocycles. The fraction of sp³-hybridized carbons (Fsp3) is 0.273. The molecule has 0 spiro atoms. The van der Waals surface area contributed by atoms with Crippen molar-refractivity contribution in [3.8, 4) is 11.5 Å². The molecule has 0 atom stereocenters. The number of aromatic nitrogens is 2. The summed E-state index contributed by atoms with van der Waals surface area (Å²) in [5.41, 5.74) is 6.06. The van der Waals surface area contributed by atoms with Gasteiger partial charge in [0.05, 0.1) is 26.5 Å². The van der Waals surface area contributed by atoms with Gasteiger partial charge in [0.15, 0.2) is 0 Å². The SMILES string of the molecule is COc1ccc(OC)c(Nc2nnc(CN)o2)c1. The first-order chi connectivity index (χ1) is 8.76. The summed E-state index contributed by atoms with van der Waals surface area (Å²) in [6, 6.07) is 5.59. The summed E-state index contributed by atoms with van der Waals surface area (Å²) < 4.78 is 15.6. The maximum absolute atomic E-state index is 5.39. The van der Waals surface area contributed by atoms with Gasteiger partial charge in [0.2, 0.25) is 5.89 Å². The molecule has 0 aliphatic carbocycles. The Morgan fingerprint density at radius 2 is 2.11 bits per heavy atom. The lowest BCUT2D eigenvalue weighted by Crippen LogP contribution is -1.96. The highest BCUT2D eigenvalue weighted by Gasteiger charge is 2.09. The summed E-state index contributed by atoms with van der Waals surface area (Å²) in [6.07, 6.45) is 0. The number of methoxy groups -OCH3 is 2. The van der Waals surface area contributed by atoms with Crippen LogP contribution >= 0.6 is 0 Å². The van der Waals surface area contributed by atoms with Crippen molar-refractivity contribution < 1.29 is 13.9 Å². The molecule has 0 bridgehead atoms. The smallest absolute Gasteiger partial charge is 0.320 e. The second kappa shape index (κ2) is 5.37. The van der Waals surface area contributed by atoms with Crippen molar-refractivity contribution in [3.63, 3.8) is 0 Å². The normalized spacial score (nSPS) is 10.2. The molecule has 0 radical (unpaired) electrons. The van der Waals surface area contributed by atoms with Crippen LogP contribution in [0, 0.1) is 0 Å². The predicted octanol–water partition coefficient (Wildman–Crippen LogP) is 1.29. The van der Waals surface area contributed by atoms with Crippen molar-refractivity contribution in [1.82, 2.24) is 10.2 Å². The standard InChI is InChI=1S/C11H14N4O3/c1-16-7-3-4-9(17-2)8(5-7)13-11-15-14-10(6-12)18-11/h3-5H,6,12H2,1-2H3,(H,13,15). The Morgan fingerprint density at radius 3 is 2.72 bits per heavy atom. The number of rotatable bonds is 5. The minimum absolute atomic E-state index is 0.198. The quantitative estimate of drug-likeness (QED) is 0.825. The van der Waals surface area contributed by atoms with Crippen LogP contribution in [0.5, 0.6) is 11.5 Å².